The molecule has 0 saturated heterocycles. The van der Waals surface area contributed by atoms with Crippen LogP contribution in [0.1, 0.15) is 0 Å². The molecule has 0 N–H and O–H groups in total. The van der Waals surface area contributed by atoms with Crippen LogP contribution in [0, 0.1) is 0 Å². The standard InChI is InChI=1S/2C46H30N4.C45H29N5/c1-4-13-31(14-5-1)35-27-40(32-15-6-2-7-16-32)48-45(30-35)50-41-20-11-10-19-37(41)38-24-22-33(28-43(38)50)34-23-25-39-44(29-34)49(36-17-8-3-9-18-36)42-21-12-26-47-46(39)42;1-4-13-31(14-5-1)40-29-36(30-41(48-40)32-15-6-2-7-16-32)50-42-20-11-10-19-37(42)38-24-22-33(27-44(38)50)34-23-25-39-45(28-34)49(35-17-8-3-9-18-35)43-21-12-26-47-46(39)43;1-4-13-30(14-5-1)43-42(29-47-45(48-43)31-15-6-2-7-16-31)50-38-20-11-10-19-35(38)36-24-22-32(27-40(36)50)33-23-25-37-41(28-33)49(34-17-8-3-9-18-34)39-21-12-26-46-44(37)39/h2*1-30H;1-29H. The zero-order valence-electron chi connectivity index (χ0n) is 81.2. The molecule has 30 aromatic rings. The van der Waals surface area contributed by atoms with Crippen LogP contribution < -0.4 is 0 Å². The summed E-state index contributed by atoms with van der Waals surface area (Å²) in [6.45, 7) is 0. The Morgan fingerprint density at radius 1 is 0.147 bits per heavy atom. The molecule has 0 aliphatic rings. The first-order valence-electron chi connectivity index (χ1n) is 50.6. The van der Waals surface area contributed by atoms with Gasteiger partial charge in [0.2, 0.25) is 0 Å². The quantitative estimate of drug-likeness (QED) is 0.100. The number of nitrogens with zero attached hydrogens (tertiary/aromatic N) is 13. The van der Waals surface area contributed by atoms with Crippen molar-refractivity contribution in [2.45, 2.75) is 0 Å². The Kier molecular flexibility index (Phi) is 21.6. The Labute approximate surface area is 863 Å². The molecule has 0 aliphatic heterocycles. The summed E-state index contributed by atoms with van der Waals surface area (Å²) in [5.41, 5.74) is 40.0. The van der Waals surface area contributed by atoms with Crippen molar-refractivity contribution in [3.05, 3.63) is 540 Å². The molecule has 0 atom stereocenters. The van der Waals surface area contributed by atoms with Gasteiger partial charge in [-0.25, -0.2) is 19.9 Å². The molecule has 0 spiro atoms. The lowest BCUT2D eigenvalue weighted by Gasteiger charge is -2.15. The van der Waals surface area contributed by atoms with Gasteiger partial charge in [-0.2, -0.15) is 0 Å². The summed E-state index contributed by atoms with van der Waals surface area (Å²) in [5.74, 6) is 1.59. The van der Waals surface area contributed by atoms with Gasteiger partial charge in [0.05, 0.1) is 123 Å². The second-order valence-electron chi connectivity index (χ2n) is 37.9. The van der Waals surface area contributed by atoms with Gasteiger partial charge in [0.25, 0.3) is 0 Å². The van der Waals surface area contributed by atoms with Crippen LogP contribution in [0.2, 0.25) is 0 Å². The van der Waals surface area contributed by atoms with Crippen LogP contribution in [0.25, 0.3) is 266 Å². The average molecular weight is 1920 g/mol. The fourth-order valence-electron chi connectivity index (χ4n) is 22.3. The summed E-state index contributed by atoms with van der Waals surface area (Å²) in [6.07, 6.45) is 7.61. The van der Waals surface area contributed by atoms with Crippen LogP contribution in [0.3, 0.4) is 0 Å². The highest BCUT2D eigenvalue weighted by atomic mass is 15.1. The number of benzene rings is 18. The van der Waals surface area contributed by atoms with Crippen LogP contribution in [0.15, 0.2) is 540 Å². The van der Waals surface area contributed by atoms with Crippen molar-refractivity contribution in [1.29, 1.82) is 0 Å². The van der Waals surface area contributed by atoms with Crippen molar-refractivity contribution in [3.63, 3.8) is 0 Å². The number of fused-ring (bicyclic) bond motifs is 18. The third-order valence-corrected chi connectivity index (χ3v) is 29.1. The molecule has 0 radical (unpaired) electrons. The molecule has 0 bridgehead atoms. The third kappa shape index (κ3) is 15.4. The van der Waals surface area contributed by atoms with E-state index in [1.807, 2.05) is 85.5 Å². The minimum Gasteiger partial charge on any atom is -0.309 e. The lowest BCUT2D eigenvalue weighted by molar-refractivity contribution is 1.08. The van der Waals surface area contributed by atoms with E-state index < -0.39 is 0 Å². The van der Waals surface area contributed by atoms with E-state index in [0.717, 1.165) is 228 Å². The molecule has 0 amide bonds. The lowest BCUT2D eigenvalue weighted by Crippen LogP contribution is -2.02. The molecule has 12 aromatic heterocycles. The molecule has 18 aromatic carbocycles. The maximum absolute atomic E-state index is 5.34. The molecule has 12 heterocycles. The Morgan fingerprint density at radius 2 is 0.427 bits per heavy atom. The fourth-order valence-corrected chi connectivity index (χ4v) is 22.3. The molecular weight excluding hydrogens is 1830 g/mol. The zero-order chi connectivity index (χ0) is 99.1. The maximum atomic E-state index is 5.34. The van der Waals surface area contributed by atoms with E-state index in [0.29, 0.717) is 5.82 Å². The van der Waals surface area contributed by atoms with Crippen LogP contribution in [-0.2, 0) is 0 Å². The molecule has 0 aliphatic carbocycles. The summed E-state index contributed by atoms with van der Waals surface area (Å²) < 4.78 is 14.0. The normalized spacial score (nSPS) is 11.6. The molecule has 0 unspecified atom stereocenters. The van der Waals surface area contributed by atoms with Gasteiger partial charge in [0.15, 0.2) is 5.82 Å². The highest BCUT2D eigenvalue weighted by molar-refractivity contribution is 6.16. The molecular formula is C137H89N13. The van der Waals surface area contributed by atoms with Crippen molar-refractivity contribution in [3.8, 4) is 135 Å². The Bertz CT molecular complexity index is 9930. The van der Waals surface area contributed by atoms with E-state index in [1.165, 1.54) is 32.3 Å². The number of rotatable bonds is 15. The lowest BCUT2D eigenvalue weighted by atomic mass is 10.0. The minimum atomic E-state index is 0.700. The van der Waals surface area contributed by atoms with Crippen LogP contribution in [0.5, 0.6) is 0 Å². The summed E-state index contributed by atoms with van der Waals surface area (Å²) in [6, 6.07) is 182. The zero-order valence-corrected chi connectivity index (χ0v) is 81.2. The summed E-state index contributed by atoms with van der Waals surface area (Å²) >= 11 is 0. The van der Waals surface area contributed by atoms with Crippen LogP contribution in [0.4, 0.5) is 0 Å². The summed E-state index contributed by atoms with van der Waals surface area (Å²) in [7, 11) is 0. The van der Waals surface area contributed by atoms with Gasteiger partial charge in [0, 0.05) is 112 Å². The fraction of sp³-hybridized carbons (Fsp3) is 0. The number of aromatic nitrogens is 13. The van der Waals surface area contributed by atoms with E-state index in [9.17, 15) is 0 Å². The average Bonchev–Trinajstić information content (AvgIpc) is 1.59. The predicted octanol–water partition coefficient (Wildman–Crippen LogP) is 34.4. The highest BCUT2D eigenvalue weighted by Gasteiger charge is 2.26. The number of hydrogen-bond acceptors (Lipinski definition) is 7. The van der Waals surface area contributed by atoms with Crippen LogP contribution in [-0.4, -0.2) is 62.3 Å². The smallest absolute Gasteiger partial charge is 0.159 e. The molecule has 13 nitrogen and oxygen atoms in total. The van der Waals surface area contributed by atoms with Gasteiger partial charge >= 0.3 is 0 Å². The van der Waals surface area contributed by atoms with Crippen molar-refractivity contribution >= 4 is 131 Å². The first kappa shape index (κ1) is 87.4. The number of hydrogen-bond donors (Lipinski definition) is 0. The number of pyridine rings is 5. The van der Waals surface area contributed by atoms with Crippen molar-refractivity contribution in [2.24, 2.45) is 0 Å². The molecule has 30 rings (SSSR count). The molecule has 0 fully saturated rings. The highest BCUT2D eigenvalue weighted by Crippen LogP contribution is 2.46. The van der Waals surface area contributed by atoms with E-state index >= 15 is 0 Å². The summed E-state index contributed by atoms with van der Waals surface area (Å²) in [4.78, 5) is 35.0. The predicted molar refractivity (Wildman–Crippen MR) is 619 cm³/mol. The van der Waals surface area contributed by atoms with Crippen molar-refractivity contribution in [2.75, 3.05) is 0 Å². The topological polar surface area (TPSA) is 120 Å². The van der Waals surface area contributed by atoms with Gasteiger partial charge in [-0.1, -0.05) is 346 Å². The Balaban J connectivity index is 0.000000108. The van der Waals surface area contributed by atoms with Gasteiger partial charge in [-0.15, -0.1) is 0 Å². The first-order chi connectivity index (χ1) is 74.4. The van der Waals surface area contributed by atoms with Gasteiger partial charge in [-0.3, -0.25) is 19.5 Å². The molecule has 150 heavy (non-hydrogen) atoms. The van der Waals surface area contributed by atoms with Gasteiger partial charge in [0.1, 0.15) is 5.82 Å². The molecule has 702 valence electrons. The SMILES string of the molecule is c1ccc(-c2cc(-c3ccccc3)nc(-n3c4ccccc4c4ccc(-c5ccc6c7ncccc7n(-c7ccccc7)c6c5)cc43)c2)cc1.c1ccc(-c2cc(-n3c4ccccc4c4ccc(-c5ccc6c7ncccc7n(-c7ccccc7)c6c5)cc43)cc(-c3ccccc3)n2)cc1.c1ccc(-c2ncc(-n3c4ccccc4c4ccc(-c5ccc6c7ncccc7n(-c7ccccc7)c6c5)cc43)c(-c3ccccc3)n2)cc1. The third-order valence-electron chi connectivity index (χ3n) is 29.1. The van der Waals surface area contributed by atoms with Gasteiger partial charge in [-0.05, 0) is 214 Å². The first-order valence-corrected chi connectivity index (χ1v) is 50.6. The van der Waals surface area contributed by atoms with E-state index in [1.54, 1.807) is 0 Å². The van der Waals surface area contributed by atoms with Gasteiger partial charge < -0.3 is 22.8 Å². The molecule has 0 saturated carbocycles. The van der Waals surface area contributed by atoms with E-state index in [2.05, 4.69) is 482 Å². The second kappa shape index (κ2) is 37.1. The summed E-state index contributed by atoms with van der Waals surface area (Å²) in [5, 5.41) is 10.6. The van der Waals surface area contributed by atoms with Crippen molar-refractivity contribution in [1.82, 2.24) is 62.3 Å². The van der Waals surface area contributed by atoms with Crippen LogP contribution >= 0.6 is 0 Å². The second-order valence-corrected chi connectivity index (χ2v) is 37.9. The van der Waals surface area contributed by atoms with E-state index in [4.69, 9.17) is 34.9 Å². The van der Waals surface area contributed by atoms with E-state index in [-0.39, 0.29) is 0 Å². The number of para-hydroxylation sites is 6. The largest absolute Gasteiger partial charge is 0.309 e. The Morgan fingerprint density at radius 3 is 0.813 bits per heavy atom. The maximum Gasteiger partial charge on any atom is 0.159 e. The molecule has 13 heteroatoms. The van der Waals surface area contributed by atoms with Crippen molar-refractivity contribution < 1.29 is 0 Å². The minimum absolute atomic E-state index is 0.700. The monoisotopic (exact) mass is 1920 g/mol. The Hall–Kier alpha value is -20.4.